The zero-order chi connectivity index (χ0) is 23.1. The average Bonchev–Trinajstić information content (AvgIpc) is 3.22. The van der Waals surface area contributed by atoms with Crippen molar-refractivity contribution in [1.29, 1.82) is 0 Å². The summed E-state index contributed by atoms with van der Waals surface area (Å²) in [6.45, 7) is 0.345. The first-order valence-corrected chi connectivity index (χ1v) is 10.7. The molecule has 1 aliphatic heterocycles. The normalized spacial score (nSPS) is 15.2. The van der Waals surface area contributed by atoms with E-state index in [-0.39, 0.29) is 39.4 Å². The lowest BCUT2D eigenvalue weighted by molar-refractivity contribution is 0.506. The summed E-state index contributed by atoms with van der Waals surface area (Å²) in [6.07, 6.45) is 2.87. The van der Waals surface area contributed by atoms with E-state index in [0.717, 1.165) is 5.56 Å². The predicted octanol–water partition coefficient (Wildman–Crippen LogP) is 5.37. The molecule has 0 spiro atoms. The van der Waals surface area contributed by atoms with Gasteiger partial charge in [-0.2, -0.15) is 0 Å². The van der Waals surface area contributed by atoms with Gasteiger partial charge in [0.15, 0.2) is 5.43 Å². The number of ether oxygens (including phenoxy) is 1. The van der Waals surface area contributed by atoms with E-state index in [4.69, 9.17) is 13.6 Å². The van der Waals surface area contributed by atoms with Crippen LogP contribution in [0.1, 0.15) is 22.5 Å². The monoisotopic (exact) mass is 447 g/mol. The first-order chi connectivity index (χ1) is 16.7. The fraction of sp³-hybridized carbons (Fsp3) is 0.0357. The maximum atomic E-state index is 13.4. The Morgan fingerprint density at radius 2 is 1.44 bits per heavy atom. The van der Waals surface area contributed by atoms with Crippen molar-refractivity contribution in [2.45, 2.75) is 6.54 Å². The summed E-state index contributed by atoms with van der Waals surface area (Å²) in [5, 5.41) is 0.865. The summed E-state index contributed by atoms with van der Waals surface area (Å²) in [4.78, 5) is 31.0. The van der Waals surface area contributed by atoms with Gasteiger partial charge in [0.1, 0.15) is 28.8 Å². The molecular weight excluding hydrogens is 430 g/mol. The van der Waals surface area contributed by atoms with Gasteiger partial charge in [0.2, 0.25) is 11.2 Å². The third kappa shape index (κ3) is 3.33. The van der Waals surface area contributed by atoms with Crippen LogP contribution in [-0.4, -0.2) is 5.90 Å². The van der Waals surface area contributed by atoms with E-state index >= 15 is 0 Å². The molecule has 164 valence electrons. The second-order valence-electron chi connectivity index (χ2n) is 7.87. The molecule has 6 nitrogen and oxygen atoms in total. The molecule has 3 heterocycles. The third-order valence-electron chi connectivity index (χ3n) is 5.69. The molecule has 3 aromatic carbocycles. The Hall–Kier alpha value is -4.71. The molecule has 0 unspecified atom stereocenters. The van der Waals surface area contributed by atoms with Gasteiger partial charge in [-0.15, -0.1) is 0 Å². The van der Waals surface area contributed by atoms with Crippen LogP contribution in [0, 0.1) is 0 Å². The first kappa shape index (κ1) is 19.9. The van der Waals surface area contributed by atoms with E-state index in [0.29, 0.717) is 28.5 Å². The van der Waals surface area contributed by atoms with Crippen molar-refractivity contribution in [3.05, 3.63) is 128 Å². The van der Waals surface area contributed by atoms with Crippen molar-refractivity contribution < 1.29 is 13.6 Å². The minimum absolute atomic E-state index is 0.193. The van der Waals surface area contributed by atoms with Gasteiger partial charge in [0, 0.05) is 0 Å². The molecule has 0 N–H and O–H groups in total. The van der Waals surface area contributed by atoms with E-state index in [2.05, 4.69) is 4.99 Å². The molecule has 34 heavy (non-hydrogen) atoms. The Labute approximate surface area is 193 Å². The topological polar surface area (TPSA) is 82.0 Å². The van der Waals surface area contributed by atoms with Gasteiger partial charge < -0.3 is 13.6 Å². The summed E-state index contributed by atoms with van der Waals surface area (Å²) in [7, 11) is 0. The van der Waals surface area contributed by atoms with Gasteiger partial charge in [-0.3, -0.25) is 9.59 Å². The molecular formula is C28H17NO5. The van der Waals surface area contributed by atoms with E-state index in [1.807, 2.05) is 30.3 Å². The first-order valence-electron chi connectivity index (χ1n) is 10.7. The number of aliphatic imine (C=N–C) groups is 1. The van der Waals surface area contributed by atoms with Gasteiger partial charge in [0.25, 0.3) is 5.90 Å². The SMILES string of the molecule is O=c1c(/C=C2\OC(=NCc3ccccc3)c3oc4ccccc4c(=O)c32)coc2ccccc12. The molecule has 0 saturated carbocycles. The highest BCUT2D eigenvalue weighted by molar-refractivity contribution is 6.08. The fourth-order valence-electron chi connectivity index (χ4n) is 4.00. The molecule has 5 aromatic rings. The van der Waals surface area contributed by atoms with Crippen molar-refractivity contribution in [2.24, 2.45) is 4.99 Å². The van der Waals surface area contributed by atoms with Crippen LogP contribution < -0.4 is 10.9 Å². The lowest BCUT2D eigenvalue weighted by Gasteiger charge is -2.01. The molecule has 0 fully saturated rings. The van der Waals surface area contributed by atoms with Crippen LogP contribution in [0.4, 0.5) is 0 Å². The minimum atomic E-state index is -0.252. The summed E-state index contributed by atoms with van der Waals surface area (Å²) in [5.74, 6) is 0.637. The lowest BCUT2D eigenvalue weighted by Crippen LogP contribution is -2.10. The van der Waals surface area contributed by atoms with Crippen LogP contribution in [0.2, 0.25) is 0 Å². The molecule has 0 atom stereocenters. The number of para-hydroxylation sites is 2. The fourth-order valence-corrected chi connectivity index (χ4v) is 4.00. The summed E-state index contributed by atoms with van der Waals surface area (Å²) < 4.78 is 17.7. The Morgan fingerprint density at radius 1 is 0.765 bits per heavy atom. The lowest BCUT2D eigenvalue weighted by atomic mass is 10.1. The highest BCUT2D eigenvalue weighted by atomic mass is 16.5. The Balaban J connectivity index is 1.54. The standard InChI is InChI=1S/C28H17NO5/c30-25-18(16-32-21-12-6-4-10-19(21)25)14-23-24-26(31)20-11-5-7-13-22(20)33-27(24)28(34-23)29-15-17-8-2-1-3-9-17/h1-14,16H,15H2/b23-14-,29-28?. The van der Waals surface area contributed by atoms with Crippen molar-refractivity contribution in [3.8, 4) is 0 Å². The van der Waals surface area contributed by atoms with Gasteiger partial charge >= 0.3 is 0 Å². The van der Waals surface area contributed by atoms with Crippen LogP contribution in [0.25, 0.3) is 33.8 Å². The van der Waals surface area contributed by atoms with E-state index < -0.39 is 0 Å². The van der Waals surface area contributed by atoms with Crippen LogP contribution in [-0.2, 0) is 11.3 Å². The van der Waals surface area contributed by atoms with E-state index in [1.54, 1.807) is 48.5 Å². The maximum Gasteiger partial charge on any atom is 0.259 e. The molecule has 0 bridgehead atoms. The molecule has 0 amide bonds. The Bertz CT molecular complexity index is 1740. The zero-order valence-corrected chi connectivity index (χ0v) is 17.9. The third-order valence-corrected chi connectivity index (χ3v) is 5.69. The van der Waals surface area contributed by atoms with Gasteiger partial charge in [0.05, 0.1) is 22.9 Å². The highest BCUT2D eigenvalue weighted by Gasteiger charge is 2.32. The predicted molar refractivity (Wildman–Crippen MR) is 131 cm³/mol. The van der Waals surface area contributed by atoms with Crippen LogP contribution in [0.3, 0.4) is 0 Å². The quantitative estimate of drug-likeness (QED) is 0.371. The number of rotatable bonds is 3. The van der Waals surface area contributed by atoms with Gasteiger partial charge in [-0.1, -0.05) is 54.6 Å². The van der Waals surface area contributed by atoms with Crippen molar-refractivity contribution in [3.63, 3.8) is 0 Å². The van der Waals surface area contributed by atoms with Gasteiger partial charge in [-0.05, 0) is 35.9 Å². The van der Waals surface area contributed by atoms with Crippen LogP contribution >= 0.6 is 0 Å². The number of hydrogen-bond acceptors (Lipinski definition) is 6. The Morgan fingerprint density at radius 3 is 2.24 bits per heavy atom. The maximum absolute atomic E-state index is 13.4. The van der Waals surface area contributed by atoms with Crippen molar-refractivity contribution in [2.75, 3.05) is 0 Å². The van der Waals surface area contributed by atoms with E-state index in [1.165, 1.54) is 12.3 Å². The molecule has 6 rings (SSSR count). The van der Waals surface area contributed by atoms with E-state index in [9.17, 15) is 9.59 Å². The summed E-state index contributed by atoms with van der Waals surface area (Å²) in [6, 6.07) is 23.7. The number of benzene rings is 3. The summed E-state index contributed by atoms with van der Waals surface area (Å²) in [5.41, 5.74) is 1.93. The zero-order valence-electron chi connectivity index (χ0n) is 17.9. The largest absolute Gasteiger partial charge is 0.463 e. The van der Waals surface area contributed by atoms with Gasteiger partial charge in [-0.25, -0.2) is 4.99 Å². The van der Waals surface area contributed by atoms with Crippen LogP contribution in [0.15, 0.2) is 109 Å². The smallest absolute Gasteiger partial charge is 0.259 e. The number of nitrogens with zero attached hydrogens (tertiary/aromatic N) is 1. The molecule has 6 heteroatoms. The average molecular weight is 447 g/mol. The second-order valence-corrected chi connectivity index (χ2v) is 7.87. The highest BCUT2D eigenvalue weighted by Crippen LogP contribution is 2.32. The molecule has 0 radical (unpaired) electrons. The molecule has 0 aliphatic carbocycles. The second kappa shape index (κ2) is 8.01. The minimum Gasteiger partial charge on any atom is -0.463 e. The Kier molecular flexibility index (Phi) is 4.70. The van der Waals surface area contributed by atoms with Crippen molar-refractivity contribution in [1.82, 2.24) is 0 Å². The molecule has 2 aromatic heterocycles. The number of hydrogen-bond donors (Lipinski definition) is 0. The summed E-state index contributed by atoms with van der Waals surface area (Å²) >= 11 is 0. The number of fused-ring (bicyclic) bond motifs is 3. The van der Waals surface area contributed by atoms with Crippen molar-refractivity contribution >= 4 is 39.7 Å². The molecule has 0 saturated heterocycles. The van der Waals surface area contributed by atoms with Crippen LogP contribution in [0.5, 0.6) is 0 Å². The molecule has 1 aliphatic rings.